The molecule has 53 heavy (non-hydrogen) atoms. The largest absolute Gasteiger partial charge is 0.333 e. The first kappa shape index (κ1) is 39.7. The lowest BCUT2D eigenvalue weighted by Gasteiger charge is -2.24. The molecule has 0 spiro atoms. The van der Waals surface area contributed by atoms with Crippen molar-refractivity contribution in [2.24, 2.45) is 0 Å². The fourth-order valence-corrected chi connectivity index (χ4v) is 8.23. The van der Waals surface area contributed by atoms with Gasteiger partial charge in [0.25, 0.3) is 37.9 Å². The van der Waals surface area contributed by atoms with E-state index in [1.807, 2.05) is 4.57 Å². The van der Waals surface area contributed by atoms with Gasteiger partial charge in [-0.3, -0.25) is 18.9 Å². The number of amides is 3. The molecule has 1 aliphatic rings. The second-order valence-corrected chi connectivity index (χ2v) is 16.2. The molecule has 1 aromatic heterocycles. The summed E-state index contributed by atoms with van der Waals surface area (Å²) in [6.07, 6.45) is 0.602. The highest BCUT2D eigenvalue weighted by atomic mass is 32.2. The van der Waals surface area contributed by atoms with Gasteiger partial charge in [-0.2, -0.15) is 13.0 Å². The predicted octanol–water partition coefficient (Wildman–Crippen LogP) is 3.78. The summed E-state index contributed by atoms with van der Waals surface area (Å²) in [4.78, 5) is 54.8. The van der Waals surface area contributed by atoms with Crippen molar-refractivity contribution < 1.29 is 64.6 Å². The molecular weight excluding hydrogens is 755 g/mol. The summed E-state index contributed by atoms with van der Waals surface area (Å²) >= 11 is 0.902. The number of fused-ring (bicyclic) bond motifs is 2. The van der Waals surface area contributed by atoms with Gasteiger partial charge in [0.1, 0.15) is 0 Å². The van der Waals surface area contributed by atoms with Gasteiger partial charge < -0.3 is 4.84 Å². The number of nitrogens with zero attached hydrogens (tertiary/aromatic N) is 3. The average Bonchev–Trinajstić information content (AvgIpc) is 3.44. The van der Waals surface area contributed by atoms with Crippen molar-refractivity contribution in [1.82, 2.24) is 9.37 Å². The molecular formula is C34H36N3O13S3+. The molecule has 0 saturated carbocycles. The molecule has 1 saturated heterocycles. The van der Waals surface area contributed by atoms with E-state index in [1.54, 1.807) is 48.5 Å². The summed E-state index contributed by atoms with van der Waals surface area (Å²) in [5.74, 6) is -3.18. The smallest absolute Gasteiger partial charge is 0.330 e. The Morgan fingerprint density at radius 3 is 2.04 bits per heavy atom. The zero-order valence-corrected chi connectivity index (χ0v) is 30.6. The first-order chi connectivity index (χ1) is 25.3. The Labute approximate surface area is 309 Å². The van der Waals surface area contributed by atoms with Crippen molar-refractivity contribution in [3.63, 3.8) is 0 Å². The first-order valence-electron chi connectivity index (χ1n) is 16.4. The Kier molecular flexibility index (Phi) is 13.1. The number of carbonyl (C=O) groups excluding carboxylic acids is 4. The molecule has 3 aromatic carbocycles. The Morgan fingerprint density at radius 1 is 0.849 bits per heavy atom. The lowest BCUT2D eigenvalue weighted by Crippen LogP contribution is -2.40. The topological polar surface area (TPSA) is 215 Å². The molecule has 0 bridgehead atoms. The van der Waals surface area contributed by atoms with Crippen LogP contribution in [0.15, 0.2) is 77.7 Å². The van der Waals surface area contributed by atoms with Crippen LogP contribution in [0.4, 0.5) is 0 Å². The van der Waals surface area contributed by atoms with Gasteiger partial charge in [-0.15, -0.1) is 9.40 Å². The van der Waals surface area contributed by atoms with Crippen molar-refractivity contribution >= 4 is 77.7 Å². The molecule has 5 rings (SSSR count). The number of hydrogen-bond donors (Lipinski definition) is 2. The van der Waals surface area contributed by atoms with Gasteiger partial charge in [0, 0.05) is 62.2 Å². The second-order valence-electron chi connectivity index (χ2n) is 11.9. The standard InChI is InChI=1S/C34H35N3O13S3/c38-30-18-19-31(39)37(30)48-32(40)13-5-8-24-14-16-25(17-15-24)53(46,47)36(21-7-23-52(43,44)45)34(41)33-26-9-1-3-11-28(26)35(20-6-22-51-50-49-42)29-12-4-2-10-27(29)33/h1-4,9-12,14-17H,5-8,13,18-23H2,(H-,42,43,44,45)/p+1. The molecule has 16 nitrogen and oxygen atoms in total. The van der Waals surface area contributed by atoms with Crippen molar-refractivity contribution in [2.45, 2.75) is 56.4 Å². The fraction of sp³-hybridized carbons (Fsp3) is 0.324. The minimum atomic E-state index is -4.60. The van der Waals surface area contributed by atoms with E-state index in [0.29, 0.717) is 61.9 Å². The Morgan fingerprint density at radius 2 is 1.45 bits per heavy atom. The molecule has 0 unspecified atom stereocenters. The van der Waals surface area contributed by atoms with Crippen LogP contribution < -0.4 is 4.57 Å². The number of aromatic nitrogens is 1. The second kappa shape index (κ2) is 17.5. The van der Waals surface area contributed by atoms with E-state index >= 15 is 0 Å². The monoisotopic (exact) mass is 790 g/mol. The minimum absolute atomic E-state index is 0.0244. The molecule has 0 aliphatic carbocycles. The van der Waals surface area contributed by atoms with Crippen molar-refractivity contribution in [3.8, 4) is 0 Å². The number of rotatable bonds is 18. The molecule has 282 valence electrons. The molecule has 1 aliphatic heterocycles. The van der Waals surface area contributed by atoms with Gasteiger partial charge in [0.05, 0.1) is 27.0 Å². The van der Waals surface area contributed by atoms with Gasteiger partial charge in [-0.25, -0.2) is 22.8 Å². The molecule has 0 radical (unpaired) electrons. The lowest BCUT2D eigenvalue weighted by atomic mass is 10.0. The molecule has 2 heterocycles. The summed E-state index contributed by atoms with van der Waals surface area (Å²) in [6, 6.07) is 19.6. The SMILES string of the molecule is O=C(CCCc1ccc(S(=O)(=O)N(CCCS(=O)(=O)O)C(=O)c2c3ccccc3[n+](CCCSOOO)c3ccccc23)cc1)ON1C(=O)CCC1=O. The van der Waals surface area contributed by atoms with Gasteiger partial charge in [-0.05, 0) is 49.1 Å². The number of para-hydroxylation sites is 2. The number of hydrogen-bond acceptors (Lipinski definition) is 13. The molecule has 19 heteroatoms. The van der Waals surface area contributed by atoms with Crippen molar-refractivity contribution in [1.29, 1.82) is 0 Å². The first-order valence-corrected chi connectivity index (χ1v) is 20.4. The van der Waals surface area contributed by atoms with Gasteiger partial charge in [0.2, 0.25) is 11.0 Å². The predicted molar refractivity (Wildman–Crippen MR) is 189 cm³/mol. The highest BCUT2D eigenvalue weighted by molar-refractivity contribution is 7.94. The lowest BCUT2D eigenvalue weighted by molar-refractivity contribution is -0.645. The third kappa shape index (κ3) is 9.74. The third-order valence-corrected chi connectivity index (χ3v) is 11.6. The third-order valence-electron chi connectivity index (χ3n) is 8.38. The van der Waals surface area contributed by atoms with Crippen LogP contribution in [-0.4, -0.2) is 77.8 Å². The molecule has 1 fully saturated rings. The van der Waals surface area contributed by atoms with Crippen LogP contribution in [0, 0.1) is 0 Å². The van der Waals surface area contributed by atoms with Crippen LogP contribution in [-0.2, 0) is 61.7 Å². The Balaban J connectivity index is 1.43. The minimum Gasteiger partial charge on any atom is -0.330 e. The van der Waals surface area contributed by atoms with E-state index in [-0.39, 0.29) is 42.6 Å². The average molecular weight is 791 g/mol. The number of sulfonamides is 1. The summed E-state index contributed by atoms with van der Waals surface area (Å²) in [5, 5.41) is 13.4. The fourth-order valence-electron chi connectivity index (χ4n) is 5.97. The van der Waals surface area contributed by atoms with Crippen LogP contribution in [0.1, 0.15) is 54.4 Å². The van der Waals surface area contributed by atoms with Crippen molar-refractivity contribution in [2.75, 3.05) is 18.1 Å². The quantitative estimate of drug-likeness (QED) is 0.0215. The van der Waals surface area contributed by atoms with Crippen LogP contribution in [0.2, 0.25) is 0 Å². The maximum absolute atomic E-state index is 14.6. The van der Waals surface area contributed by atoms with Gasteiger partial charge >= 0.3 is 5.97 Å². The van der Waals surface area contributed by atoms with E-state index in [9.17, 15) is 40.6 Å². The normalized spacial score (nSPS) is 13.6. The van der Waals surface area contributed by atoms with Gasteiger partial charge in [0.15, 0.2) is 6.54 Å². The molecule has 2 N–H and O–H groups in total. The Bertz CT molecular complexity index is 2160. The number of imide groups is 1. The van der Waals surface area contributed by atoms with Crippen LogP contribution in [0.25, 0.3) is 21.8 Å². The summed E-state index contributed by atoms with van der Waals surface area (Å²) < 4.78 is 68.1. The van der Waals surface area contributed by atoms with Gasteiger partial charge in [-0.1, -0.05) is 41.4 Å². The van der Waals surface area contributed by atoms with E-state index in [2.05, 4.69) is 9.37 Å². The number of pyridine rings is 1. The summed E-state index contributed by atoms with van der Waals surface area (Å²) in [5.41, 5.74) is 1.98. The highest BCUT2D eigenvalue weighted by Gasteiger charge is 2.35. The van der Waals surface area contributed by atoms with Crippen LogP contribution in [0.3, 0.4) is 0 Å². The van der Waals surface area contributed by atoms with E-state index < -0.39 is 56.1 Å². The molecule has 0 atom stereocenters. The zero-order chi connectivity index (χ0) is 38.2. The number of benzene rings is 3. The zero-order valence-electron chi connectivity index (χ0n) is 28.2. The van der Waals surface area contributed by atoms with E-state index in [1.165, 1.54) is 24.3 Å². The van der Waals surface area contributed by atoms with E-state index in [4.69, 9.17) is 10.1 Å². The van der Waals surface area contributed by atoms with Crippen molar-refractivity contribution in [3.05, 3.63) is 83.9 Å². The van der Waals surface area contributed by atoms with Crippen LogP contribution >= 0.6 is 12.0 Å². The number of aryl methyl sites for hydroxylation is 2. The highest BCUT2D eigenvalue weighted by Crippen LogP contribution is 2.29. The number of hydroxylamine groups is 2. The summed E-state index contributed by atoms with van der Waals surface area (Å²) in [6.45, 7) is -0.104. The maximum atomic E-state index is 14.6. The number of carbonyl (C=O) groups is 4. The van der Waals surface area contributed by atoms with E-state index in [0.717, 1.165) is 12.0 Å². The molecule has 4 aromatic rings. The summed E-state index contributed by atoms with van der Waals surface area (Å²) in [7, 11) is -9.08. The maximum Gasteiger partial charge on any atom is 0.333 e. The van der Waals surface area contributed by atoms with Crippen LogP contribution in [0.5, 0.6) is 0 Å². The molecule has 3 amide bonds. The Hall–Kier alpha value is -4.50.